The number of nitrogens with zero attached hydrogens (tertiary/aromatic N) is 3. The third-order valence-electron chi connectivity index (χ3n) is 12.8. The molecule has 2 aliphatic heterocycles. The van der Waals surface area contributed by atoms with E-state index in [1.54, 1.807) is 31.7 Å². The van der Waals surface area contributed by atoms with Crippen molar-refractivity contribution in [2.75, 3.05) is 26.7 Å². The molecule has 1 unspecified atom stereocenters. The highest BCUT2D eigenvalue weighted by Gasteiger charge is 2.39. The molecular formula is C51H64N6O9S. The molecule has 4 aromatic carbocycles. The zero-order valence-electron chi connectivity index (χ0n) is 39.1. The van der Waals surface area contributed by atoms with Crippen LogP contribution < -0.4 is 21.1 Å². The number of ether oxygens (including phenoxy) is 2. The van der Waals surface area contributed by atoms with E-state index in [4.69, 9.17) is 15.2 Å². The average molecular weight is 937 g/mol. The number of hydrogen-bond acceptors (Lipinski definition) is 9. The van der Waals surface area contributed by atoms with E-state index in [0.29, 0.717) is 61.2 Å². The summed E-state index contributed by atoms with van der Waals surface area (Å²) >= 11 is 0. The topological polar surface area (TPSA) is 207 Å². The summed E-state index contributed by atoms with van der Waals surface area (Å²) in [6.45, 7) is 6.69. The van der Waals surface area contributed by atoms with Gasteiger partial charge in [0.2, 0.25) is 17.7 Å². The lowest BCUT2D eigenvalue weighted by Gasteiger charge is -2.30. The van der Waals surface area contributed by atoms with E-state index in [9.17, 15) is 32.4 Å². The van der Waals surface area contributed by atoms with Gasteiger partial charge in [-0.3, -0.25) is 19.2 Å². The van der Waals surface area contributed by atoms with Crippen LogP contribution in [0.5, 0.6) is 5.75 Å². The van der Waals surface area contributed by atoms with Gasteiger partial charge in [0.25, 0.3) is 10.0 Å². The molecule has 6 rings (SSSR count). The minimum absolute atomic E-state index is 0.00134. The van der Waals surface area contributed by atoms with Crippen LogP contribution in [0.4, 0.5) is 4.79 Å². The van der Waals surface area contributed by atoms with Gasteiger partial charge < -0.3 is 35.6 Å². The second kappa shape index (κ2) is 23.4. The molecule has 4 aromatic rings. The molecule has 2 heterocycles. The fourth-order valence-electron chi connectivity index (χ4n) is 9.03. The predicted octanol–water partition coefficient (Wildman–Crippen LogP) is 6.76. The van der Waals surface area contributed by atoms with Crippen LogP contribution in [-0.4, -0.2) is 98.5 Å². The smallest absolute Gasteiger partial charge is 0.408 e. The van der Waals surface area contributed by atoms with Gasteiger partial charge in [-0.1, -0.05) is 79.2 Å². The molecule has 0 saturated carbocycles. The number of nitrogens with two attached hydrogens (primary N) is 1. The summed E-state index contributed by atoms with van der Waals surface area (Å²) in [5.41, 5.74) is 9.45. The number of hydrogen-bond donors (Lipinski definition) is 3. The van der Waals surface area contributed by atoms with Crippen LogP contribution in [0.2, 0.25) is 0 Å². The largest absolute Gasteiger partial charge is 0.496 e. The maximum atomic E-state index is 14.5. The number of methoxy groups -OCH3 is 1. The Bertz CT molecular complexity index is 2560. The van der Waals surface area contributed by atoms with Gasteiger partial charge in [-0.15, -0.1) is 4.40 Å². The normalized spacial score (nSPS) is 16.3. The van der Waals surface area contributed by atoms with E-state index in [-0.39, 0.29) is 67.7 Å². The van der Waals surface area contributed by atoms with Crippen LogP contribution in [0, 0.1) is 20.8 Å². The number of Topliss-reactive ketones (excluding diaryl/α,β-unsaturated/α-hetero) is 1. The van der Waals surface area contributed by atoms with E-state index < -0.39 is 46.1 Å². The summed E-state index contributed by atoms with van der Waals surface area (Å²) in [7, 11) is -2.63. The number of sulfonamides is 1. The first-order valence-electron chi connectivity index (χ1n) is 23.3. The molecule has 0 radical (unpaired) electrons. The fraction of sp³-hybridized carbons (Fsp3) is 0.451. The van der Waals surface area contributed by atoms with Crippen molar-refractivity contribution in [3.63, 3.8) is 0 Å². The molecule has 4 amide bonds. The Morgan fingerprint density at radius 1 is 0.776 bits per heavy atom. The summed E-state index contributed by atoms with van der Waals surface area (Å²) < 4.78 is 41.8. The van der Waals surface area contributed by atoms with Gasteiger partial charge >= 0.3 is 6.09 Å². The summed E-state index contributed by atoms with van der Waals surface area (Å²) in [5, 5.41) is 7.69. The first-order chi connectivity index (χ1) is 32.1. The van der Waals surface area contributed by atoms with Crippen molar-refractivity contribution >= 4 is 56.2 Å². The molecule has 0 spiro atoms. The van der Waals surface area contributed by atoms with Crippen molar-refractivity contribution in [3.05, 3.63) is 107 Å². The van der Waals surface area contributed by atoms with Crippen LogP contribution in [0.25, 0.3) is 10.8 Å². The lowest BCUT2D eigenvalue weighted by Crippen LogP contribution is -2.55. The Balaban J connectivity index is 1.15. The van der Waals surface area contributed by atoms with E-state index in [2.05, 4.69) is 15.0 Å². The SMILES string of the molecule is COc1cc(C)c(S(=O)(=O)/N=C(\N)CCCCC(NC(=O)[C@@H]2CCCN2C(=O)[C@@H](Cc2ccc3ccccc3c2)NC(=O)OCc2ccccc2)C(=O)CCC(=O)N2CCCCC2)c(C)c1C. The number of nitrogens with one attached hydrogen (secondary N) is 2. The Morgan fingerprint density at radius 3 is 2.22 bits per heavy atom. The Hall–Kier alpha value is -6.29. The number of aryl methyl sites for hydroxylation is 1. The second-order valence-corrected chi connectivity index (χ2v) is 19.1. The first kappa shape index (κ1) is 50.1. The standard InChI is InChI=1S/C51H64N6O9S/c1-34-30-45(65-4)35(2)36(3)48(34)67(63,64)55-46(52)22-12-11-20-41(44(58)25-26-47(59)56-27-13-6-14-28-56)53-49(60)43-21-15-29-57(43)50(61)42(54-51(62)66-33-37-16-7-5-8-17-37)32-38-23-24-39-18-9-10-19-40(39)31-38/h5,7-10,16-19,23-24,30-31,41-43H,6,11-15,20-22,25-29,32-33H2,1-4H3,(H2,52,55)(H,53,60)(H,54,62)/t41?,42-,43+/m1/s1. The molecule has 16 heteroatoms. The molecule has 3 atom stereocenters. The van der Waals surface area contributed by atoms with Crippen molar-refractivity contribution in [1.82, 2.24) is 20.4 Å². The van der Waals surface area contributed by atoms with Crippen LogP contribution in [0.1, 0.15) is 98.4 Å². The number of benzene rings is 4. The van der Waals surface area contributed by atoms with Gasteiger partial charge in [0.15, 0.2) is 5.78 Å². The molecule has 0 aliphatic carbocycles. The number of carbonyl (C=O) groups is 5. The van der Waals surface area contributed by atoms with E-state index in [1.165, 1.54) is 12.0 Å². The minimum atomic E-state index is -4.15. The maximum absolute atomic E-state index is 14.5. The molecule has 0 aromatic heterocycles. The summed E-state index contributed by atoms with van der Waals surface area (Å²) in [4.78, 5) is 72.4. The molecule has 2 fully saturated rings. The molecule has 358 valence electrons. The van der Waals surface area contributed by atoms with Crippen LogP contribution in [0.3, 0.4) is 0 Å². The fourth-order valence-corrected chi connectivity index (χ4v) is 10.5. The molecular weight excluding hydrogens is 873 g/mol. The summed E-state index contributed by atoms with van der Waals surface area (Å²) in [6, 6.07) is 21.5. The van der Waals surface area contributed by atoms with Gasteiger partial charge in [-0.2, -0.15) is 8.42 Å². The average Bonchev–Trinajstić information content (AvgIpc) is 3.82. The molecule has 2 saturated heterocycles. The molecule has 0 bridgehead atoms. The highest BCUT2D eigenvalue weighted by atomic mass is 32.2. The third kappa shape index (κ3) is 13.4. The van der Waals surface area contributed by atoms with Crippen molar-refractivity contribution in [1.29, 1.82) is 0 Å². The number of piperidine rings is 1. The van der Waals surface area contributed by atoms with Gasteiger partial charge in [0.05, 0.1) is 18.0 Å². The van der Waals surface area contributed by atoms with Crippen LogP contribution >= 0.6 is 0 Å². The van der Waals surface area contributed by atoms with Crippen LogP contribution in [-0.2, 0) is 47.0 Å². The number of amides is 4. The lowest BCUT2D eigenvalue weighted by molar-refractivity contribution is -0.141. The predicted molar refractivity (Wildman–Crippen MR) is 257 cm³/mol. The Kier molecular flexibility index (Phi) is 17.5. The number of alkyl carbamates (subject to hydrolysis) is 1. The second-order valence-electron chi connectivity index (χ2n) is 17.6. The number of fused-ring (bicyclic) bond motifs is 1. The van der Waals surface area contributed by atoms with E-state index >= 15 is 0 Å². The molecule has 4 N–H and O–H groups in total. The van der Waals surface area contributed by atoms with Gasteiger partial charge in [0, 0.05) is 45.3 Å². The van der Waals surface area contributed by atoms with E-state index in [1.807, 2.05) is 72.8 Å². The molecule has 15 nitrogen and oxygen atoms in total. The zero-order chi connectivity index (χ0) is 48.1. The van der Waals surface area contributed by atoms with E-state index in [0.717, 1.165) is 41.2 Å². The summed E-state index contributed by atoms with van der Waals surface area (Å²) in [6.07, 6.45) is 4.01. The molecule has 67 heavy (non-hydrogen) atoms. The zero-order valence-corrected chi connectivity index (χ0v) is 39.9. The highest BCUT2D eigenvalue weighted by molar-refractivity contribution is 7.90. The number of carbonyl (C=O) groups excluding carboxylic acids is 5. The maximum Gasteiger partial charge on any atom is 0.408 e. The lowest BCUT2D eigenvalue weighted by atomic mass is 9.99. The van der Waals surface area contributed by atoms with Crippen LogP contribution in [0.15, 0.2) is 88.2 Å². The van der Waals surface area contributed by atoms with Crippen molar-refractivity contribution < 1.29 is 41.9 Å². The number of ketones is 1. The number of rotatable bonds is 20. The monoisotopic (exact) mass is 936 g/mol. The number of likely N-dealkylation sites (tertiary alicyclic amines) is 2. The third-order valence-corrected chi connectivity index (χ3v) is 14.4. The number of amidine groups is 1. The Labute approximate surface area is 393 Å². The van der Waals surface area contributed by atoms with Gasteiger partial charge in [-0.05, 0) is 110 Å². The summed E-state index contributed by atoms with van der Waals surface area (Å²) in [5.74, 6) is -0.938. The highest BCUT2D eigenvalue weighted by Crippen LogP contribution is 2.32. The molecule has 2 aliphatic rings. The van der Waals surface area contributed by atoms with Crippen molar-refractivity contribution in [2.24, 2.45) is 10.1 Å². The van der Waals surface area contributed by atoms with Gasteiger partial charge in [0.1, 0.15) is 30.3 Å². The van der Waals surface area contributed by atoms with Gasteiger partial charge in [-0.25, -0.2) is 4.79 Å². The first-order valence-corrected chi connectivity index (χ1v) is 24.7. The number of unbranched alkanes of at least 4 members (excludes halogenated alkanes) is 1. The quantitative estimate of drug-likeness (QED) is 0.0483. The van der Waals surface area contributed by atoms with Crippen molar-refractivity contribution in [3.8, 4) is 5.75 Å². The van der Waals surface area contributed by atoms with Crippen molar-refractivity contribution in [2.45, 2.75) is 127 Å². The minimum Gasteiger partial charge on any atom is -0.496 e. The Morgan fingerprint density at radius 2 is 1.49 bits per heavy atom.